The van der Waals surface area contributed by atoms with Gasteiger partial charge in [-0.1, -0.05) is 35.9 Å². The number of aromatic hydroxyl groups is 1. The molecule has 0 fully saturated rings. The topological polar surface area (TPSA) is 109 Å². The van der Waals surface area contributed by atoms with Crippen molar-refractivity contribution < 1.29 is 19.5 Å². The van der Waals surface area contributed by atoms with Gasteiger partial charge in [-0.25, -0.2) is 0 Å². The number of carbonyl (C=O) groups excluding carboxylic acids is 3. The summed E-state index contributed by atoms with van der Waals surface area (Å²) in [5.41, 5.74) is 7.08. The maximum atomic E-state index is 13.0. The SMILES string of the molecule is Nc1cccc2c1C(=O)c1cccc(NC(=O)c3ccc(O)cc3Cl)c1C2=O. The molecule has 4 N–H and O–H groups in total. The number of benzene rings is 3. The molecule has 0 saturated carbocycles. The molecule has 0 aromatic heterocycles. The Kier molecular flexibility index (Phi) is 4.13. The van der Waals surface area contributed by atoms with E-state index in [1.165, 1.54) is 36.4 Å². The molecule has 7 heteroatoms. The Morgan fingerprint density at radius 3 is 2.29 bits per heavy atom. The number of ketones is 2. The van der Waals surface area contributed by atoms with E-state index in [0.29, 0.717) is 0 Å². The number of nitrogens with one attached hydrogen (secondary N) is 1. The number of halogens is 1. The minimum absolute atomic E-state index is 0.0582. The van der Waals surface area contributed by atoms with Crippen molar-refractivity contribution in [3.05, 3.63) is 87.4 Å². The van der Waals surface area contributed by atoms with Crippen LogP contribution < -0.4 is 11.1 Å². The monoisotopic (exact) mass is 392 g/mol. The number of amides is 1. The van der Waals surface area contributed by atoms with Gasteiger partial charge >= 0.3 is 0 Å². The zero-order valence-electron chi connectivity index (χ0n) is 14.3. The van der Waals surface area contributed by atoms with Crippen molar-refractivity contribution in [1.82, 2.24) is 0 Å². The molecule has 1 aliphatic carbocycles. The summed E-state index contributed by atoms with van der Waals surface area (Å²) in [5, 5.41) is 12.1. The second kappa shape index (κ2) is 6.51. The van der Waals surface area contributed by atoms with Gasteiger partial charge in [0, 0.05) is 16.8 Å². The molecule has 138 valence electrons. The molecule has 0 aliphatic heterocycles. The molecular formula is C21H13ClN2O4. The first-order valence-electron chi connectivity index (χ1n) is 8.29. The zero-order valence-corrected chi connectivity index (χ0v) is 15.1. The Labute approximate surface area is 164 Å². The lowest BCUT2D eigenvalue weighted by Crippen LogP contribution is -2.25. The Morgan fingerprint density at radius 2 is 1.57 bits per heavy atom. The fourth-order valence-electron chi connectivity index (χ4n) is 3.25. The second-order valence-corrected chi connectivity index (χ2v) is 6.68. The summed E-state index contributed by atoms with van der Waals surface area (Å²) in [6.07, 6.45) is 0. The van der Waals surface area contributed by atoms with Crippen molar-refractivity contribution in [2.75, 3.05) is 11.1 Å². The maximum Gasteiger partial charge on any atom is 0.257 e. The van der Waals surface area contributed by atoms with E-state index < -0.39 is 11.7 Å². The third kappa shape index (κ3) is 2.71. The summed E-state index contributed by atoms with van der Waals surface area (Å²) in [5.74, 6) is -1.42. The molecule has 0 saturated heterocycles. The molecule has 0 spiro atoms. The fraction of sp³-hybridized carbons (Fsp3) is 0. The highest BCUT2D eigenvalue weighted by Gasteiger charge is 2.33. The standard InChI is InChI=1S/C21H13ClN2O4/c22-14-9-10(25)7-8-11(14)21(28)24-16-6-2-4-13-18(16)20(27)12-3-1-5-15(23)17(12)19(13)26/h1-9,25H,23H2,(H,24,28). The van der Waals surface area contributed by atoms with E-state index in [1.54, 1.807) is 18.2 Å². The van der Waals surface area contributed by atoms with Gasteiger partial charge in [-0.3, -0.25) is 14.4 Å². The number of nitrogens with two attached hydrogens (primary N) is 1. The van der Waals surface area contributed by atoms with Crippen molar-refractivity contribution in [1.29, 1.82) is 0 Å². The Bertz CT molecular complexity index is 1190. The highest BCUT2D eigenvalue weighted by molar-refractivity contribution is 6.35. The van der Waals surface area contributed by atoms with E-state index >= 15 is 0 Å². The van der Waals surface area contributed by atoms with Crippen LogP contribution in [0.2, 0.25) is 5.02 Å². The summed E-state index contributed by atoms with van der Waals surface area (Å²) in [4.78, 5) is 38.5. The summed E-state index contributed by atoms with van der Waals surface area (Å²) < 4.78 is 0. The lowest BCUT2D eigenvalue weighted by molar-refractivity contribution is 0.0979. The van der Waals surface area contributed by atoms with Gasteiger partial charge in [-0.05, 0) is 30.3 Å². The van der Waals surface area contributed by atoms with E-state index in [9.17, 15) is 19.5 Å². The average molecular weight is 393 g/mol. The number of hydrogen-bond acceptors (Lipinski definition) is 5. The zero-order chi connectivity index (χ0) is 20.0. The lowest BCUT2D eigenvalue weighted by Gasteiger charge is -2.21. The number of nitrogen functional groups attached to an aromatic ring is 1. The molecule has 3 aromatic carbocycles. The summed E-state index contributed by atoms with van der Waals surface area (Å²) in [6.45, 7) is 0. The number of phenols is 1. The van der Waals surface area contributed by atoms with Crippen molar-refractivity contribution in [3.8, 4) is 5.75 Å². The molecule has 1 amide bonds. The van der Waals surface area contributed by atoms with Gasteiger partial charge in [0.25, 0.3) is 5.91 Å². The largest absolute Gasteiger partial charge is 0.508 e. The molecule has 0 heterocycles. The number of fused-ring (bicyclic) bond motifs is 2. The van der Waals surface area contributed by atoms with Crippen LogP contribution in [0.1, 0.15) is 42.2 Å². The van der Waals surface area contributed by atoms with Crippen LogP contribution in [-0.4, -0.2) is 22.6 Å². The molecular weight excluding hydrogens is 380 g/mol. The van der Waals surface area contributed by atoms with Crippen LogP contribution in [0.25, 0.3) is 0 Å². The number of anilines is 2. The van der Waals surface area contributed by atoms with Crippen LogP contribution in [0.5, 0.6) is 5.75 Å². The molecule has 0 atom stereocenters. The van der Waals surface area contributed by atoms with E-state index in [1.807, 2.05) is 0 Å². The Balaban J connectivity index is 1.79. The number of rotatable bonds is 2. The van der Waals surface area contributed by atoms with Crippen molar-refractivity contribution >= 4 is 40.4 Å². The van der Waals surface area contributed by atoms with Crippen LogP contribution in [0.15, 0.2) is 54.6 Å². The molecule has 6 nitrogen and oxygen atoms in total. The molecule has 3 aromatic rings. The van der Waals surface area contributed by atoms with E-state index in [-0.39, 0.29) is 55.7 Å². The fourth-order valence-corrected chi connectivity index (χ4v) is 3.51. The Morgan fingerprint density at radius 1 is 0.929 bits per heavy atom. The van der Waals surface area contributed by atoms with Crippen molar-refractivity contribution in [2.45, 2.75) is 0 Å². The van der Waals surface area contributed by atoms with Gasteiger partial charge in [0.1, 0.15) is 5.75 Å². The smallest absolute Gasteiger partial charge is 0.257 e. The van der Waals surface area contributed by atoms with Crippen LogP contribution in [-0.2, 0) is 0 Å². The summed E-state index contributed by atoms with van der Waals surface area (Å²) in [6, 6.07) is 13.3. The van der Waals surface area contributed by atoms with Crippen molar-refractivity contribution in [2.24, 2.45) is 0 Å². The molecule has 28 heavy (non-hydrogen) atoms. The maximum absolute atomic E-state index is 13.0. The summed E-state index contributed by atoms with van der Waals surface area (Å²) >= 11 is 6.01. The number of hydrogen-bond donors (Lipinski definition) is 3. The quantitative estimate of drug-likeness (QED) is 0.451. The van der Waals surface area contributed by atoms with Gasteiger partial charge in [0.05, 0.1) is 27.4 Å². The second-order valence-electron chi connectivity index (χ2n) is 6.27. The molecule has 4 rings (SSSR count). The first-order chi connectivity index (χ1) is 13.4. The first-order valence-corrected chi connectivity index (χ1v) is 8.67. The molecule has 1 aliphatic rings. The normalized spacial score (nSPS) is 12.3. The predicted molar refractivity (Wildman–Crippen MR) is 105 cm³/mol. The average Bonchev–Trinajstić information content (AvgIpc) is 2.65. The van der Waals surface area contributed by atoms with Gasteiger partial charge < -0.3 is 16.2 Å². The van der Waals surface area contributed by atoms with E-state index in [4.69, 9.17) is 17.3 Å². The third-order valence-corrected chi connectivity index (χ3v) is 4.86. The number of carbonyl (C=O) groups is 3. The molecule has 0 unspecified atom stereocenters. The highest BCUT2D eigenvalue weighted by Crippen LogP contribution is 2.34. The summed E-state index contributed by atoms with van der Waals surface area (Å²) in [7, 11) is 0. The van der Waals surface area contributed by atoms with E-state index in [2.05, 4.69) is 5.32 Å². The van der Waals surface area contributed by atoms with E-state index in [0.717, 1.165) is 0 Å². The molecule has 0 bridgehead atoms. The van der Waals surface area contributed by atoms with Crippen molar-refractivity contribution in [3.63, 3.8) is 0 Å². The van der Waals surface area contributed by atoms with Crippen LogP contribution in [0, 0.1) is 0 Å². The highest BCUT2D eigenvalue weighted by atomic mass is 35.5. The van der Waals surface area contributed by atoms with Gasteiger partial charge in [-0.2, -0.15) is 0 Å². The van der Waals surface area contributed by atoms with Crippen LogP contribution in [0.3, 0.4) is 0 Å². The van der Waals surface area contributed by atoms with Crippen LogP contribution in [0.4, 0.5) is 11.4 Å². The minimum Gasteiger partial charge on any atom is -0.508 e. The van der Waals surface area contributed by atoms with Gasteiger partial charge in [0.15, 0.2) is 11.6 Å². The molecule has 0 radical (unpaired) electrons. The number of phenolic OH excluding ortho intramolecular Hbond substituents is 1. The minimum atomic E-state index is -0.572. The predicted octanol–water partition coefficient (Wildman–Crippen LogP) is 3.66. The van der Waals surface area contributed by atoms with Gasteiger partial charge in [0.2, 0.25) is 0 Å². The van der Waals surface area contributed by atoms with Gasteiger partial charge in [-0.15, -0.1) is 0 Å². The Hall–Kier alpha value is -3.64. The third-order valence-electron chi connectivity index (χ3n) is 4.55. The van der Waals surface area contributed by atoms with Crippen LogP contribution >= 0.6 is 11.6 Å². The lowest BCUT2D eigenvalue weighted by atomic mass is 9.82. The first kappa shape index (κ1) is 17.8.